The van der Waals surface area contributed by atoms with Crippen LogP contribution in [0.1, 0.15) is 36.1 Å². The quantitative estimate of drug-likeness (QED) is 0.887. The topological polar surface area (TPSA) is 35.2 Å². The molecule has 1 aromatic carbocycles. The molecule has 0 amide bonds. The lowest BCUT2D eigenvalue weighted by atomic mass is 10.1. The molecule has 1 saturated heterocycles. The Labute approximate surface area is 114 Å². The van der Waals surface area contributed by atoms with Crippen LogP contribution in [0.2, 0.25) is 0 Å². The molecule has 3 unspecified atom stereocenters. The summed E-state index contributed by atoms with van der Waals surface area (Å²) in [5.74, 6) is 1.06. The van der Waals surface area contributed by atoms with Gasteiger partial charge in [0.2, 0.25) is 0 Å². The molecule has 0 aliphatic carbocycles. The molecule has 1 aromatic rings. The first kappa shape index (κ1) is 13.9. The second-order valence-corrected chi connectivity index (χ2v) is 6.33. The average molecular weight is 265 g/mol. The van der Waals surface area contributed by atoms with Gasteiger partial charge in [-0.25, -0.2) is 0 Å². The lowest BCUT2D eigenvalue weighted by Gasteiger charge is -2.22. The molecule has 100 valence electrons. The van der Waals surface area contributed by atoms with Gasteiger partial charge in [-0.3, -0.25) is 0 Å². The molecular weight excluding hydrogens is 242 g/mol. The third-order valence-corrected chi connectivity index (χ3v) is 4.99. The van der Waals surface area contributed by atoms with E-state index in [-0.39, 0.29) is 6.04 Å². The summed E-state index contributed by atoms with van der Waals surface area (Å²) in [7, 11) is 0. The molecule has 0 aromatic heterocycles. The van der Waals surface area contributed by atoms with Crippen LogP contribution >= 0.6 is 11.8 Å². The van der Waals surface area contributed by atoms with E-state index < -0.39 is 0 Å². The second-order valence-electron chi connectivity index (χ2n) is 5.16. The van der Waals surface area contributed by atoms with Crippen molar-refractivity contribution in [3.05, 3.63) is 35.4 Å². The van der Waals surface area contributed by atoms with Crippen LogP contribution in [0.3, 0.4) is 0 Å². The number of hydrogen-bond acceptors (Lipinski definition) is 3. The van der Waals surface area contributed by atoms with Crippen molar-refractivity contribution < 1.29 is 4.74 Å². The Hall–Kier alpha value is -0.510. The molecule has 0 bridgehead atoms. The highest BCUT2D eigenvalue weighted by Gasteiger charge is 2.21. The predicted molar refractivity (Wildman–Crippen MR) is 79.0 cm³/mol. The second kappa shape index (κ2) is 6.60. The van der Waals surface area contributed by atoms with E-state index in [9.17, 15) is 0 Å². The van der Waals surface area contributed by atoms with Crippen molar-refractivity contribution in [2.45, 2.75) is 44.1 Å². The summed E-state index contributed by atoms with van der Waals surface area (Å²) < 4.78 is 5.68. The summed E-state index contributed by atoms with van der Waals surface area (Å²) in [6.45, 7) is 5.13. The van der Waals surface area contributed by atoms with Gasteiger partial charge in [0, 0.05) is 23.7 Å². The van der Waals surface area contributed by atoms with E-state index in [1.807, 2.05) is 11.8 Å². The van der Waals surface area contributed by atoms with E-state index in [2.05, 4.69) is 38.1 Å². The smallest absolute Gasteiger partial charge is 0.0666 e. The summed E-state index contributed by atoms with van der Waals surface area (Å²) in [5.41, 5.74) is 8.76. The van der Waals surface area contributed by atoms with Gasteiger partial charge in [0.15, 0.2) is 0 Å². The van der Waals surface area contributed by atoms with E-state index >= 15 is 0 Å². The molecule has 0 radical (unpaired) electrons. The molecule has 18 heavy (non-hydrogen) atoms. The first-order chi connectivity index (χ1) is 8.66. The Morgan fingerprint density at radius 2 is 2.11 bits per heavy atom. The van der Waals surface area contributed by atoms with Crippen LogP contribution < -0.4 is 5.73 Å². The standard InChI is InChI=1S/C15H23NOS/c1-11-5-7-13(8-6-11)15(12(2)16)18-10-14-4-3-9-17-14/h5-8,12,14-15H,3-4,9-10,16H2,1-2H3. The maximum atomic E-state index is 6.13. The van der Waals surface area contributed by atoms with Gasteiger partial charge in [-0.1, -0.05) is 29.8 Å². The van der Waals surface area contributed by atoms with Crippen LogP contribution in [0, 0.1) is 6.92 Å². The van der Waals surface area contributed by atoms with Crippen molar-refractivity contribution in [2.75, 3.05) is 12.4 Å². The molecule has 3 atom stereocenters. The lowest BCUT2D eigenvalue weighted by Crippen LogP contribution is -2.24. The number of nitrogens with two attached hydrogens (primary N) is 1. The van der Waals surface area contributed by atoms with Gasteiger partial charge in [0.1, 0.15) is 0 Å². The van der Waals surface area contributed by atoms with E-state index in [0.717, 1.165) is 12.4 Å². The van der Waals surface area contributed by atoms with Gasteiger partial charge in [-0.05, 0) is 32.3 Å². The molecule has 1 fully saturated rings. The van der Waals surface area contributed by atoms with Crippen molar-refractivity contribution >= 4 is 11.8 Å². The Morgan fingerprint density at radius 3 is 2.67 bits per heavy atom. The number of aryl methyl sites for hydroxylation is 1. The van der Waals surface area contributed by atoms with Crippen molar-refractivity contribution in [3.8, 4) is 0 Å². The van der Waals surface area contributed by atoms with Crippen molar-refractivity contribution in [2.24, 2.45) is 5.73 Å². The highest BCUT2D eigenvalue weighted by Crippen LogP contribution is 2.33. The first-order valence-electron chi connectivity index (χ1n) is 6.72. The fraction of sp³-hybridized carbons (Fsp3) is 0.600. The van der Waals surface area contributed by atoms with Crippen LogP contribution in [0.5, 0.6) is 0 Å². The molecule has 1 aliphatic rings. The molecular formula is C15H23NOS. The van der Waals surface area contributed by atoms with Crippen LogP contribution in [-0.4, -0.2) is 24.5 Å². The zero-order valence-electron chi connectivity index (χ0n) is 11.3. The fourth-order valence-electron chi connectivity index (χ4n) is 2.29. The highest BCUT2D eigenvalue weighted by molar-refractivity contribution is 7.99. The summed E-state index contributed by atoms with van der Waals surface area (Å²) in [6.07, 6.45) is 2.84. The van der Waals surface area contributed by atoms with Crippen molar-refractivity contribution in [1.29, 1.82) is 0 Å². The number of benzene rings is 1. The van der Waals surface area contributed by atoms with Crippen LogP contribution in [0.15, 0.2) is 24.3 Å². The molecule has 3 heteroatoms. The Balaban J connectivity index is 1.96. The maximum Gasteiger partial charge on any atom is 0.0666 e. The molecule has 0 saturated carbocycles. The summed E-state index contributed by atoms with van der Waals surface area (Å²) in [6, 6.07) is 8.89. The number of rotatable bonds is 5. The minimum Gasteiger partial charge on any atom is -0.377 e. The first-order valence-corrected chi connectivity index (χ1v) is 7.77. The van der Waals surface area contributed by atoms with E-state index in [1.165, 1.54) is 24.0 Å². The number of thioether (sulfide) groups is 1. The van der Waals surface area contributed by atoms with Gasteiger partial charge in [0.25, 0.3) is 0 Å². The Morgan fingerprint density at radius 1 is 1.39 bits per heavy atom. The minimum atomic E-state index is 0.166. The average Bonchev–Trinajstić information content (AvgIpc) is 2.84. The van der Waals surface area contributed by atoms with Gasteiger partial charge >= 0.3 is 0 Å². The minimum absolute atomic E-state index is 0.166. The Kier molecular flexibility index (Phi) is 5.10. The zero-order valence-corrected chi connectivity index (χ0v) is 12.1. The largest absolute Gasteiger partial charge is 0.377 e. The molecule has 2 N–H and O–H groups in total. The third kappa shape index (κ3) is 3.74. The summed E-state index contributed by atoms with van der Waals surface area (Å²) in [5, 5.41) is 0.370. The van der Waals surface area contributed by atoms with Crippen molar-refractivity contribution in [3.63, 3.8) is 0 Å². The molecule has 2 nitrogen and oxygen atoms in total. The SMILES string of the molecule is Cc1ccc(C(SCC2CCCO2)C(C)N)cc1. The van der Waals surface area contributed by atoms with Crippen molar-refractivity contribution in [1.82, 2.24) is 0 Å². The van der Waals surface area contributed by atoms with E-state index in [0.29, 0.717) is 11.4 Å². The third-order valence-electron chi connectivity index (χ3n) is 3.37. The fourth-order valence-corrected chi connectivity index (χ4v) is 3.63. The van der Waals surface area contributed by atoms with Crippen LogP contribution in [0.4, 0.5) is 0 Å². The van der Waals surface area contributed by atoms with Crippen LogP contribution in [-0.2, 0) is 4.74 Å². The van der Waals surface area contributed by atoms with Gasteiger partial charge in [-0.2, -0.15) is 0 Å². The predicted octanol–water partition coefficient (Wildman–Crippen LogP) is 3.30. The lowest BCUT2D eigenvalue weighted by molar-refractivity contribution is 0.128. The normalized spacial score (nSPS) is 22.9. The number of hydrogen-bond donors (Lipinski definition) is 1. The highest BCUT2D eigenvalue weighted by atomic mass is 32.2. The summed E-state index contributed by atoms with van der Waals surface area (Å²) >= 11 is 1.94. The molecule has 1 heterocycles. The van der Waals surface area contributed by atoms with Crippen LogP contribution in [0.25, 0.3) is 0 Å². The molecule has 2 rings (SSSR count). The van der Waals surface area contributed by atoms with Gasteiger partial charge in [0.05, 0.1) is 6.10 Å². The molecule has 1 aliphatic heterocycles. The van der Waals surface area contributed by atoms with E-state index in [4.69, 9.17) is 10.5 Å². The zero-order chi connectivity index (χ0) is 13.0. The molecule has 0 spiro atoms. The van der Waals surface area contributed by atoms with E-state index in [1.54, 1.807) is 0 Å². The monoisotopic (exact) mass is 265 g/mol. The summed E-state index contributed by atoms with van der Waals surface area (Å²) in [4.78, 5) is 0. The Bertz CT molecular complexity index is 357. The van der Waals surface area contributed by atoms with Gasteiger partial charge in [-0.15, -0.1) is 11.8 Å². The maximum absolute atomic E-state index is 6.13. The van der Waals surface area contributed by atoms with Gasteiger partial charge < -0.3 is 10.5 Å². The number of ether oxygens (including phenoxy) is 1.